The molecule has 0 unspecified atom stereocenters. The number of pyridine rings is 1. The Hall–Kier alpha value is -2.27. The van der Waals surface area contributed by atoms with Crippen LogP contribution in [0.25, 0.3) is 10.9 Å². The van der Waals surface area contributed by atoms with E-state index in [4.69, 9.17) is 0 Å². The first-order valence-corrected chi connectivity index (χ1v) is 12.5. The van der Waals surface area contributed by atoms with E-state index in [0.717, 1.165) is 29.3 Å². The van der Waals surface area contributed by atoms with E-state index < -0.39 is 11.5 Å². The van der Waals surface area contributed by atoms with Crippen LogP contribution in [0.3, 0.4) is 0 Å². The maximum atomic E-state index is 12.9. The van der Waals surface area contributed by atoms with E-state index in [1.807, 2.05) is 34.4 Å². The van der Waals surface area contributed by atoms with Gasteiger partial charge in [0.1, 0.15) is 5.56 Å². The summed E-state index contributed by atoms with van der Waals surface area (Å²) in [5.41, 5.74) is 1.83. The lowest BCUT2D eigenvalue weighted by atomic mass is 10.1. The number of benzene rings is 1. The molecule has 2 amide bonds. The summed E-state index contributed by atoms with van der Waals surface area (Å²) in [5.74, 6) is -0.771. The zero-order valence-corrected chi connectivity index (χ0v) is 18.6. The van der Waals surface area contributed by atoms with Crippen LogP contribution in [-0.2, 0) is 6.54 Å². The van der Waals surface area contributed by atoms with Crippen LogP contribution in [0.2, 0.25) is 0 Å². The Balaban J connectivity index is 1.78. The standard InChI is InChI=1S/C20H19IN4O3S/c1-22-19(27)16-9-13(18(26)23-14-5-6-14)11-24(20(16)28)10-12-3-2-4-17-15(12)7-8-25(17)29-21/h2-4,7-9,11,14H,5-6,10H2,1H3,(H,22,27)(H,23,26). The highest BCUT2D eigenvalue weighted by Gasteiger charge is 2.25. The molecular formula is C20H19IN4O3S. The Morgan fingerprint density at radius 3 is 2.72 bits per heavy atom. The Morgan fingerprint density at radius 2 is 2.03 bits per heavy atom. The molecule has 0 spiro atoms. The first-order chi connectivity index (χ1) is 14.0. The van der Waals surface area contributed by atoms with Gasteiger partial charge in [-0.25, -0.2) is 0 Å². The van der Waals surface area contributed by atoms with Crippen molar-refractivity contribution >= 4 is 53.0 Å². The van der Waals surface area contributed by atoms with Gasteiger partial charge in [-0.3, -0.25) is 18.4 Å². The van der Waals surface area contributed by atoms with Gasteiger partial charge < -0.3 is 15.2 Å². The highest BCUT2D eigenvalue weighted by Crippen LogP contribution is 2.27. The molecule has 150 valence electrons. The van der Waals surface area contributed by atoms with Gasteiger partial charge in [-0.15, -0.1) is 0 Å². The van der Waals surface area contributed by atoms with Crippen molar-refractivity contribution in [2.45, 2.75) is 25.4 Å². The number of fused-ring (bicyclic) bond motifs is 1. The minimum Gasteiger partial charge on any atom is -0.355 e. The van der Waals surface area contributed by atoms with Gasteiger partial charge in [-0.1, -0.05) is 12.1 Å². The summed E-state index contributed by atoms with van der Waals surface area (Å²) < 4.78 is 3.48. The lowest BCUT2D eigenvalue weighted by molar-refractivity contribution is 0.0950. The van der Waals surface area contributed by atoms with Gasteiger partial charge in [0.05, 0.1) is 17.6 Å². The van der Waals surface area contributed by atoms with Gasteiger partial charge in [-0.05, 0) is 36.6 Å². The lowest BCUT2D eigenvalue weighted by Crippen LogP contribution is -2.34. The smallest absolute Gasteiger partial charge is 0.263 e. The number of aromatic nitrogens is 2. The lowest BCUT2D eigenvalue weighted by Gasteiger charge is -2.12. The average Bonchev–Trinajstić information content (AvgIpc) is 3.44. The van der Waals surface area contributed by atoms with E-state index in [1.54, 1.807) is 9.12 Å². The molecule has 2 aromatic heterocycles. The fourth-order valence-corrected chi connectivity index (χ4v) is 4.63. The number of halogens is 1. The van der Waals surface area contributed by atoms with Crippen molar-refractivity contribution in [3.05, 3.63) is 69.8 Å². The highest BCUT2D eigenvalue weighted by molar-refractivity contribution is 14.2. The molecule has 0 bridgehead atoms. The molecule has 1 fully saturated rings. The molecule has 4 rings (SSSR count). The number of hydrogen-bond donors (Lipinski definition) is 2. The van der Waals surface area contributed by atoms with E-state index >= 15 is 0 Å². The molecule has 1 saturated carbocycles. The first kappa shape index (κ1) is 20.0. The van der Waals surface area contributed by atoms with Crippen molar-refractivity contribution in [2.75, 3.05) is 7.05 Å². The minimum absolute atomic E-state index is 0.0384. The van der Waals surface area contributed by atoms with E-state index in [0.29, 0.717) is 5.56 Å². The molecule has 9 heteroatoms. The second-order valence-electron chi connectivity index (χ2n) is 6.96. The molecule has 2 N–H and O–H groups in total. The van der Waals surface area contributed by atoms with E-state index in [9.17, 15) is 14.4 Å². The number of rotatable bonds is 6. The largest absolute Gasteiger partial charge is 0.355 e. The number of hydrogen-bond acceptors (Lipinski definition) is 4. The molecule has 3 aromatic rings. The maximum Gasteiger partial charge on any atom is 0.263 e. The summed E-state index contributed by atoms with van der Waals surface area (Å²) in [6.45, 7) is 0.265. The van der Waals surface area contributed by atoms with E-state index in [1.165, 1.54) is 23.9 Å². The third kappa shape index (κ3) is 4.06. The predicted octanol–water partition coefficient (Wildman–Crippen LogP) is 2.95. The second kappa shape index (κ2) is 8.23. The van der Waals surface area contributed by atoms with Crippen LogP contribution < -0.4 is 16.2 Å². The summed E-state index contributed by atoms with van der Waals surface area (Å²) in [6, 6.07) is 9.47. The quantitative estimate of drug-likeness (QED) is 0.488. The summed E-state index contributed by atoms with van der Waals surface area (Å²) in [5, 5.41) is 6.42. The van der Waals surface area contributed by atoms with Gasteiger partial charge in [-0.2, -0.15) is 0 Å². The highest BCUT2D eigenvalue weighted by atomic mass is 127. The molecule has 7 nitrogen and oxygen atoms in total. The zero-order chi connectivity index (χ0) is 20.5. The number of amides is 2. The van der Waals surface area contributed by atoms with Crippen molar-refractivity contribution in [2.24, 2.45) is 0 Å². The normalized spacial score (nSPS) is 13.4. The van der Waals surface area contributed by atoms with Crippen LogP contribution in [0.5, 0.6) is 0 Å². The van der Waals surface area contributed by atoms with Gasteiger partial charge >= 0.3 is 0 Å². The van der Waals surface area contributed by atoms with Gasteiger partial charge in [0, 0.05) is 61.2 Å². The summed E-state index contributed by atoms with van der Waals surface area (Å²) in [4.78, 5) is 37.7. The average molecular weight is 522 g/mol. The van der Waals surface area contributed by atoms with Crippen molar-refractivity contribution in [3.63, 3.8) is 0 Å². The first-order valence-electron chi connectivity index (χ1n) is 9.17. The van der Waals surface area contributed by atoms with E-state index in [-0.39, 0.29) is 24.1 Å². The Bertz CT molecular complexity index is 1170. The van der Waals surface area contributed by atoms with E-state index in [2.05, 4.69) is 31.8 Å². The molecule has 0 aliphatic heterocycles. The Morgan fingerprint density at radius 1 is 1.24 bits per heavy atom. The topological polar surface area (TPSA) is 85.1 Å². The Kier molecular flexibility index (Phi) is 5.68. The number of nitrogens with one attached hydrogen (secondary N) is 2. The molecule has 1 aliphatic carbocycles. The molecule has 1 aromatic carbocycles. The number of carbonyl (C=O) groups is 2. The van der Waals surface area contributed by atoms with Crippen molar-refractivity contribution < 1.29 is 9.59 Å². The fourth-order valence-electron chi connectivity index (χ4n) is 3.26. The van der Waals surface area contributed by atoms with Gasteiger partial charge in [0.25, 0.3) is 17.4 Å². The van der Waals surface area contributed by atoms with Crippen LogP contribution in [0.1, 0.15) is 39.1 Å². The molecular weight excluding hydrogens is 503 g/mol. The van der Waals surface area contributed by atoms with Crippen LogP contribution in [0.15, 0.2) is 47.5 Å². The predicted molar refractivity (Wildman–Crippen MR) is 123 cm³/mol. The SMILES string of the molecule is CNC(=O)c1cc(C(=O)NC2CC2)cn(Cc2cccc3c2ccn3SI)c1=O. The third-order valence-electron chi connectivity index (χ3n) is 4.93. The van der Waals surface area contributed by atoms with Crippen LogP contribution in [0.4, 0.5) is 0 Å². The van der Waals surface area contributed by atoms with Crippen LogP contribution >= 0.6 is 30.3 Å². The minimum atomic E-state index is -0.504. The number of nitrogens with zero attached hydrogens (tertiary/aromatic N) is 2. The maximum absolute atomic E-state index is 12.9. The molecule has 2 heterocycles. The van der Waals surface area contributed by atoms with Gasteiger partial charge in [0.2, 0.25) is 0 Å². The summed E-state index contributed by atoms with van der Waals surface area (Å²) >= 11 is 2.22. The number of carbonyl (C=O) groups excluding carboxylic acids is 2. The molecule has 0 radical (unpaired) electrons. The molecule has 0 saturated heterocycles. The Labute approximate surface area is 183 Å². The van der Waals surface area contributed by atoms with Gasteiger partial charge in [0.15, 0.2) is 0 Å². The third-order valence-corrected chi connectivity index (χ3v) is 6.68. The molecule has 29 heavy (non-hydrogen) atoms. The zero-order valence-electron chi connectivity index (χ0n) is 15.6. The van der Waals surface area contributed by atoms with Crippen molar-refractivity contribution in [1.29, 1.82) is 0 Å². The van der Waals surface area contributed by atoms with Crippen LogP contribution in [0, 0.1) is 0 Å². The molecule has 0 atom stereocenters. The fraction of sp³-hybridized carbons (Fsp3) is 0.250. The summed E-state index contributed by atoms with van der Waals surface area (Å²) in [6.07, 6.45) is 5.43. The van der Waals surface area contributed by atoms with Crippen molar-refractivity contribution in [1.82, 2.24) is 19.2 Å². The summed E-state index contributed by atoms with van der Waals surface area (Å²) in [7, 11) is 3.03. The molecule has 1 aliphatic rings. The monoisotopic (exact) mass is 522 g/mol. The van der Waals surface area contributed by atoms with Crippen molar-refractivity contribution in [3.8, 4) is 0 Å². The van der Waals surface area contributed by atoms with Crippen LogP contribution in [-0.4, -0.2) is 33.4 Å². The second-order valence-corrected chi connectivity index (χ2v) is 8.68.